The van der Waals surface area contributed by atoms with E-state index in [1.165, 1.54) is 37.8 Å². The molecule has 0 saturated heterocycles. The standard InChI is InChI=1S/C35H48F2O5/c1-3-5-7-8-9-10-24-40-30-22-23-31(33(37)25-30)34(38)41-28-18-14-26(15-19-28)12-13-27-16-20-29(21-17-27)42-35(39)32(36)11-6-4-2/h14-15,18-19,22-23,25,27,29,32H,3-13,16-17,20-21,24H2,1-2H3/t27?,29?,32-/m0/s1. The van der Waals surface area contributed by atoms with E-state index in [0.717, 1.165) is 63.4 Å². The number of halogens is 2. The van der Waals surface area contributed by atoms with Gasteiger partial charge in [0.25, 0.3) is 0 Å². The predicted octanol–water partition coefficient (Wildman–Crippen LogP) is 9.35. The van der Waals surface area contributed by atoms with Crippen molar-refractivity contribution in [3.8, 4) is 11.5 Å². The van der Waals surface area contributed by atoms with Crippen LogP contribution in [0.1, 0.15) is 120 Å². The third-order valence-electron chi connectivity index (χ3n) is 8.05. The van der Waals surface area contributed by atoms with Crippen LogP contribution < -0.4 is 9.47 Å². The molecule has 0 aromatic heterocycles. The van der Waals surface area contributed by atoms with Crippen molar-refractivity contribution in [2.75, 3.05) is 6.61 Å². The van der Waals surface area contributed by atoms with E-state index in [-0.39, 0.29) is 18.1 Å². The van der Waals surface area contributed by atoms with Gasteiger partial charge in [-0.25, -0.2) is 18.4 Å². The Bertz CT molecular complexity index is 1080. The van der Waals surface area contributed by atoms with E-state index in [9.17, 15) is 18.4 Å². The molecule has 1 fully saturated rings. The Morgan fingerprint density at radius 3 is 2.21 bits per heavy atom. The Morgan fingerprint density at radius 1 is 0.857 bits per heavy atom. The van der Waals surface area contributed by atoms with Gasteiger partial charge in [0.1, 0.15) is 23.4 Å². The first-order valence-electron chi connectivity index (χ1n) is 16.0. The lowest BCUT2D eigenvalue weighted by Gasteiger charge is -2.28. The van der Waals surface area contributed by atoms with E-state index in [1.807, 2.05) is 19.1 Å². The Labute approximate surface area is 250 Å². The van der Waals surface area contributed by atoms with Crippen LogP contribution in [0.3, 0.4) is 0 Å². The van der Waals surface area contributed by atoms with Crippen molar-refractivity contribution in [2.45, 2.75) is 122 Å². The normalized spacial score (nSPS) is 17.4. The van der Waals surface area contributed by atoms with Crippen LogP contribution in [0.5, 0.6) is 11.5 Å². The number of esters is 2. The molecular weight excluding hydrogens is 538 g/mol. The van der Waals surface area contributed by atoms with E-state index in [4.69, 9.17) is 14.2 Å². The van der Waals surface area contributed by atoms with Gasteiger partial charge in [0.2, 0.25) is 0 Å². The molecule has 7 heteroatoms. The third-order valence-corrected chi connectivity index (χ3v) is 8.05. The Balaban J connectivity index is 1.36. The maximum Gasteiger partial charge on any atom is 0.346 e. The summed E-state index contributed by atoms with van der Waals surface area (Å²) in [5.41, 5.74) is 0.993. The van der Waals surface area contributed by atoms with Crippen molar-refractivity contribution in [3.63, 3.8) is 0 Å². The number of carbonyl (C=O) groups is 2. The smallest absolute Gasteiger partial charge is 0.346 e. The highest BCUT2D eigenvalue weighted by molar-refractivity contribution is 5.91. The molecule has 1 saturated carbocycles. The quantitative estimate of drug-likeness (QED) is 0.0989. The molecule has 232 valence electrons. The fourth-order valence-corrected chi connectivity index (χ4v) is 5.36. The molecule has 0 bridgehead atoms. The average Bonchev–Trinajstić information content (AvgIpc) is 2.99. The summed E-state index contributed by atoms with van der Waals surface area (Å²) in [6.45, 7) is 4.69. The van der Waals surface area contributed by atoms with Gasteiger partial charge in [-0.1, -0.05) is 70.9 Å². The van der Waals surface area contributed by atoms with Gasteiger partial charge >= 0.3 is 11.9 Å². The molecule has 1 aliphatic carbocycles. The van der Waals surface area contributed by atoms with Crippen molar-refractivity contribution >= 4 is 11.9 Å². The topological polar surface area (TPSA) is 61.8 Å². The lowest BCUT2D eigenvalue weighted by molar-refractivity contribution is -0.157. The molecule has 1 aliphatic rings. The fourth-order valence-electron chi connectivity index (χ4n) is 5.36. The van der Waals surface area contributed by atoms with Crippen molar-refractivity contribution in [1.29, 1.82) is 0 Å². The van der Waals surface area contributed by atoms with Crippen LogP contribution in [0.2, 0.25) is 0 Å². The molecule has 5 nitrogen and oxygen atoms in total. The Kier molecular flexibility index (Phi) is 14.8. The summed E-state index contributed by atoms with van der Waals surface area (Å²) in [7, 11) is 0. The molecule has 0 unspecified atom stereocenters. The second kappa shape index (κ2) is 18.6. The largest absolute Gasteiger partial charge is 0.493 e. The zero-order chi connectivity index (χ0) is 30.2. The number of carbonyl (C=O) groups excluding carboxylic acids is 2. The van der Waals surface area contributed by atoms with Crippen LogP contribution in [-0.4, -0.2) is 30.8 Å². The number of benzene rings is 2. The molecule has 0 N–H and O–H groups in total. The summed E-state index contributed by atoms with van der Waals surface area (Å²) in [6.07, 6.45) is 12.3. The zero-order valence-corrected chi connectivity index (χ0v) is 25.4. The lowest BCUT2D eigenvalue weighted by atomic mass is 9.83. The SMILES string of the molecule is CCCCCCCCOc1ccc(C(=O)Oc2ccc(CCC3CCC(OC(=O)[C@@H](F)CCCC)CC3)cc2)c(F)c1. The first-order valence-corrected chi connectivity index (χ1v) is 16.0. The molecule has 0 spiro atoms. The van der Waals surface area contributed by atoms with Crippen LogP contribution in [0, 0.1) is 11.7 Å². The van der Waals surface area contributed by atoms with Gasteiger partial charge in [-0.05, 0) is 87.1 Å². The monoisotopic (exact) mass is 586 g/mol. The van der Waals surface area contributed by atoms with Gasteiger partial charge in [-0.3, -0.25) is 0 Å². The summed E-state index contributed by atoms with van der Waals surface area (Å²) < 4.78 is 45.0. The minimum atomic E-state index is -1.51. The van der Waals surface area contributed by atoms with E-state index >= 15 is 0 Å². The number of hydrogen-bond acceptors (Lipinski definition) is 5. The van der Waals surface area contributed by atoms with Gasteiger partial charge in [0.15, 0.2) is 6.17 Å². The van der Waals surface area contributed by atoms with Gasteiger partial charge in [0.05, 0.1) is 12.2 Å². The molecule has 3 rings (SSSR count). The molecule has 2 aromatic rings. The first kappa shape index (κ1) is 33.5. The highest BCUT2D eigenvalue weighted by atomic mass is 19.1. The maximum absolute atomic E-state index is 14.6. The maximum atomic E-state index is 14.6. The molecular formula is C35H48F2O5. The molecule has 0 radical (unpaired) electrons. The Morgan fingerprint density at radius 2 is 1.52 bits per heavy atom. The molecule has 0 aliphatic heterocycles. The summed E-state index contributed by atoms with van der Waals surface area (Å²) in [5.74, 6) is -0.821. The average molecular weight is 587 g/mol. The zero-order valence-electron chi connectivity index (χ0n) is 25.4. The van der Waals surface area contributed by atoms with E-state index < -0.39 is 23.9 Å². The predicted molar refractivity (Wildman–Crippen MR) is 161 cm³/mol. The van der Waals surface area contributed by atoms with Crippen LogP contribution in [0.25, 0.3) is 0 Å². The summed E-state index contributed by atoms with van der Waals surface area (Å²) in [6, 6.07) is 11.5. The molecule has 0 amide bonds. The van der Waals surface area contributed by atoms with Crippen LogP contribution in [0.15, 0.2) is 42.5 Å². The number of rotatable bonds is 18. The highest BCUT2D eigenvalue weighted by Crippen LogP contribution is 2.30. The van der Waals surface area contributed by atoms with Crippen molar-refractivity contribution in [2.24, 2.45) is 5.92 Å². The van der Waals surface area contributed by atoms with Crippen LogP contribution >= 0.6 is 0 Å². The van der Waals surface area contributed by atoms with Crippen LogP contribution in [-0.2, 0) is 16.0 Å². The highest BCUT2D eigenvalue weighted by Gasteiger charge is 2.27. The van der Waals surface area contributed by atoms with Crippen molar-refractivity contribution in [3.05, 3.63) is 59.4 Å². The molecule has 2 aromatic carbocycles. The first-order chi connectivity index (χ1) is 20.4. The molecule has 0 heterocycles. The van der Waals surface area contributed by atoms with E-state index in [0.29, 0.717) is 30.4 Å². The van der Waals surface area contributed by atoms with Gasteiger partial charge in [-0.2, -0.15) is 0 Å². The van der Waals surface area contributed by atoms with Gasteiger partial charge < -0.3 is 14.2 Å². The Hall–Kier alpha value is -2.96. The van der Waals surface area contributed by atoms with Crippen molar-refractivity contribution in [1.82, 2.24) is 0 Å². The van der Waals surface area contributed by atoms with Crippen molar-refractivity contribution < 1.29 is 32.6 Å². The van der Waals surface area contributed by atoms with Gasteiger partial charge in [0, 0.05) is 6.07 Å². The number of unbranched alkanes of at least 4 members (excludes halogenated alkanes) is 6. The molecule has 1 atom stereocenters. The summed E-state index contributed by atoms with van der Waals surface area (Å²) in [5, 5.41) is 0. The van der Waals surface area contributed by atoms with Crippen LogP contribution in [0.4, 0.5) is 8.78 Å². The van der Waals surface area contributed by atoms with E-state index in [1.54, 1.807) is 18.2 Å². The molecule has 42 heavy (non-hydrogen) atoms. The third kappa shape index (κ3) is 11.7. The second-order valence-electron chi connectivity index (χ2n) is 11.5. The van der Waals surface area contributed by atoms with E-state index in [2.05, 4.69) is 6.92 Å². The minimum Gasteiger partial charge on any atom is -0.493 e. The van der Waals surface area contributed by atoms with Gasteiger partial charge in [-0.15, -0.1) is 0 Å². The lowest BCUT2D eigenvalue weighted by Crippen LogP contribution is -2.29. The number of hydrogen-bond donors (Lipinski definition) is 0. The number of ether oxygens (including phenoxy) is 3. The number of alkyl halides is 1. The number of aryl methyl sites for hydroxylation is 1. The minimum absolute atomic E-state index is 0.129. The fraction of sp³-hybridized carbons (Fsp3) is 0.600. The summed E-state index contributed by atoms with van der Waals surface area (Å²) in [4.78, 5) is 24.5. The second-order valence-corrected chi connectivity index (χ2v) is 11.5. The summed E-state index contributed by atoms with van der Waals surface area (Å²) >= 11 is 0.